The minimum Gasteiger partial charge on any atom is -0.478 e. The number of nitro benzene ring substituents is 1. The number of rotatable bonds is 3. The van der Waals surface area contributed by atoms with Crippen molar-refractivity contribution in [2.45, 2.75) is 32.2 Å². The predicted molar refractivity (Wildman–Crippen MR) is 78.4 cm³/mol. The molecule has 1 aromatic rings. The summed E-state index contributed by atoms with van der Waals surface area (Å²) in [5.74, 6) is -1.17. The zero-order valence-corrected chi connectivity index (χ0v) is 12.6. The topological polar surface area (TPSA) is 83.7 Å². The summed E-state index contributed by atoms with van der Waals surface area (Å²) in [7, 11) is 0. The van der Waals surface area contributed by atoms with E-state index in [0.29, 0.717) is 10.2 Å². The van der Waals surface area contributed by atoms with Gasteiger partial charge in [-0.1, -0.05) is 0 Å². The highest BCUT2D eigenvalue weighted by Crippen LogP contribution is 2.40. The van der Waals surface area contributed by atoms with Gasteiger partial charge in [-0.3, -0.25) is 10.1 Å². The van der Waals surface area contributed by atoms with Gasteiger partial charge in [0.25, 0.3) is 5.69 Å². The Morgan fingerprint density at radius 3 is 2.75 bits per heavy atom. The summed E-state index contributed by atoms with van der Waals surface area (Å²) >= 11 is 3.29. The Kier molecular flexibility index (Phi) is 4.27. The predicted octanol–water partition coefficient (Wildman–Crippen LogP) is 3.43. The van der Waals surface area contributed by atoms with Crippen molar-refractivity contribution in [1.29, 1.82) is 0 Å². The van der Waals surface area contributed by atoms with Crippen LogP contribution in [0.2, 0.25) is 0 Å². The van der Waals surface area contributed by atoms with E-state index < -0.39 is 10.9 Å². The van der Waals surface area contributed by atoms with E-state index in [0.717, 1.165) is 31.9 Å². The molecule has 6 nitrogen and oxygen atoms in total. The zero-order chi connectivity index (χ0) is 14.9. The van der Waals surface area contributed by atoms with Gasteiger partial charge in [0.2, 0.25) is 0 Å². The van der Waals surface area contributed by atoms with Crippen molar-refractivity contribution in [3.8, 4) is 0 Å². The average Bonchev–Trinajstić information content (AvgIpc) is 2.38. The molecule has 108 valence electrons. The van der Waals surface area contributed by atoms with E-state index in [1.807, 2.05) is 11.8 Å². The first-order chi connectivity index (χ1) is 9.41. The smallest absolute Gasteiger partial charge is 0.335 e. The van der Waals surface area contributed by atoms with Gasteiger partial charge >= 0.3 is 5.97 Å². The van der Waals surface area contributed by atoms with Gasteiger partial charge in [-0.15, -0.1) is 0 Å². The van der Waals surface area contributed by atoms with Crippen LogP contribution in [-0.4, -0.2) is 28.6 Å². The minimum atomic E-state index is -1.17. The van der Waals surface area contributed by atoms with Crippen LogP contribution in [0, 0.1) is 10.1 Å². The van der Waals surface area contributed by atoms with Crippen molar-refractivity contribution in [3.63, 3.8) is 0 Å². The summed E-state index contributed by atoms with van der Waals surface area (Å²) < 4.78 is 0.456. The molecule has 0 radical (unpaired) electrons. The lowest BCUT2D eigenvalue weighted by atomic mass is 10.0. The summed E-state index contributed by atoms with van der Waals surface area (Å²) in [5.41, 5.74) is 0.231. The summed E-state index contributed by atoms with van der Waals surface area (Å²) in [4.78, 5) is 23.7. The van der Waals surface area contributed by atoms with E-state index >= 15 is 0 Å². The number of carbonyl (C=O) groups is 1. The van der Waals surface area contributed by atoms with Crippen LogP contribution in [0.4, 0.5) is 11.4 Å². The number of carboxylic acids is 1. The number of hydrogen-bond acceptors (Lipinski definition) is 4. The SMILES string of the molecule is C[C@@H]1CCCCN1c1c(Br)cc(C(=O)O)cc1[N+](=O)[O-]. The van der Waals surface area contributed by atoms with E-state index in [-0.39, 0.29) is 17.3 Å². The van der Waals surface area contributed by atoms with Crippen LogP contribution in [-0.2, 0) is 0 Å². The van der Waals surface area contributed by atoms with Gasteiger partial charge in [0.15, 0.2) is 0 Å². The van der Waals surface area contributed by atoms with Gasteiger partial charge in [0.1, 0.15) is 5.69 Å². The molecule has 1 heterocycles. The van der Waals surface area contributed by atoms with Gasteiger partial charge in [0, 0.05) is 23.1 Å². The number of nitro groups is 1. The number of anilines is 1. The fourth-order valence-electron chi connectivity index (χ4n) is 2.56. The monoisotopic (exact) mass is 342 g/mol. The van der Waals surface area contributed by atoms with Gasteiger partial charge in [0.05, 0.1) is 10.5 Å². The molecule has 0 spiro atoms. The highest BCUT2D eigenvalue weighted by molar-refractivity contribution is 9.10. The fraction of sp³-hybridized carbons (Fsp3) is 0.462. The molecular formula is C13H15BrN2O4. The van der Waals surface area contributed by atoms with Crippen molar-refractivity contribution < 1.29 is 14.8 Å². The lowest BCUT2D eigenvalue weighted by molar-refractivity contribution is -0.384. The maximum Gasteiger partial charge on any atom is 0.335 e. The third-order valence-corrected chi connectivity index (χ3v) is 4.18. The van der Waals surface area contributed by atoms with Gasteiger partial charge in [-0.25, -0.2) is 4.79 Å². The Balaban J connectivity index is 2.56. The summed E-state index contributed by atoms with van der Waals surface area (Å²) in [5, 5.41) is 20.3. The Morgan fingerprint density at radius 2 is 2.20 bits per heavy atom. The molecule has 0 unspecified atom stereocenters. The molecule has 1 N–H and O–H groups in total. The van der Waals surface area contributed by atoms with Crippen LogP contribution < -0.4 is 4.90 Å². The molecule has 1 aromatic carbocycles. The molecule has 0 bridgehead atoms. The molecule has 0 amide bonds. The lowest BCUT2D eigenvalue weighted by Crippen LogP contribution is -2.38. The first-order valence-corrected chi connectivity index (χ1v) is 7.19. The Morgan fingerprint density at radius 1 is 1.50 bits per heavy atom. The Bertz CT molecular complexity index is 562. The molecule has 0 saturated carbocycles. The normalized spacial score (nSPS) is 18.9. The molecule has 0 aliphatic carbocycles. The van der Waals surface area contributed by atoms with Crippen LogP contribution in [0.15, 0.2) is 16.6 Å². The quantitative estimate of drug-likeness (QED) is 0.671. The maximum atomic E-state index is 11.3. The van der Waals surface area contributed by atoms with E-state index in [4.69, 9.17) is 5.11 Å². The first kappa shape index (κ1) is 14.8. The first-order valence-electron chi connectivity index (χ1n) is 6.39. The molecule has 1 saturated heterocycles. The third kappa shape index (κ3) is 2.77. The van der Waals surface area contributed by atoms with Crippen molar-refractivity contribution in [2.75, 3.05) is 11.4 Å². The van der Waals surface area contributed by atoms with E-state index in [1.165, 1.54) is 6.07 Å². The second kappa shape index (κ2) is 5.78. The molecule has 2 rings (SSSR count). The standard InChI is InChI=1S/C13H15BrN2O4/c1-8-4-2-3-5-15(8)12-10(14)6-9(13(17)18)7-11(12)16(19)20/h6-8H,2-5H2,1H3,(H,17,18)/t8-/m1/s1. The summed E-state index contributed by atoms with van der Waals surface area (Å²) in [6, 6.07) is 2.75. The number of aromatic carboxylic acids is 1. The van der Waals surface area contributed by atoms with Crippen LogP contribution in [0.25, 0.3) is 0 Å². The zero-order valence-electron chi connectivity index (χ0n) is 11.0. The maximum absolute atomic E-state index is 11.3. The van der Waals surface area contributed by atoms with E-state index in [2.05, 4.69) is 15.9 Å². The molecule has 0 aromatic heterocycles. The van der Waals surface area contributed by atoms with Crippen LogP contribution in [0.1, 0.15) is 36.5 Å². The number of hydrogen-bond donors (Lipinski definition) is 1. The van der Waals surface area contributed by atoms with Crippen molar-refractivity contribution in [1.82, 2.24) is 0 Å². The molecule has 7 heteroatoms. The fourth-order valence-corrected chi connectivity index (χ4v) is 3.24. The highest BCUT2D eigenvalue weighted by Gasteiger charge is 2.29. The minimum absolute atomic E-state index is 0.0861. The molecule has 20 heavy (non-hydrogen) atoms. The molecule has 1 aliphatic heterocycles. The number of carboxylic acid groups (broad SMARTS) is 1. The van der Waals surface area contributed by atoms with Gasteiger partial charge in [-0.05, 0) is 48.2 Å². The number of halogens is 1. The summed E-state index contributed by atoms with van der Waals surface area (Å²) in [6.07, 6.45) is 3.06. The Hall–Kier alpha value is -1.63. The summed E-state index contributed by atoms with van der Waals surface area (Å²) in [6.45, 7) is 2.77. The second-order valence-corrected chi connectivity index (χ2v) is 5.78. The van der Waals surface area contributed by atoms with Crippen molar-refractivity contribution in [3.05, 3.63) is 32.3 Å². The second-order valence-electron chi connectivity index (χ2n) is 4.93. The van der Waals surface area contributed by atoms with Crippen molar-refractivity contribution in [2.24, 2.45) is 0 Å². The van der Waals surface area contributed by atoms with Crippen LogP contribution >= 0.6 is 15.9 Å². The molecule has 1 atom stereocenters. The number of nitrogens with zero attached hydrogens (tertiary/aromatic N) is 2. The van der Waals surface area contributed by atoms with Crippen LogP contribution in [0.5, 0.6) is 0 Å². The van der Waals surface area contributed by atoms with Gasteiger partial charge in [-0.2, -0.15) is 0 Å². The van der Waals surface area contributed by atoms with Crippen molar-refractivity contribution >= 4 is 33.3 Å². The third-order valence-electron chi connectivity index (χ3n) is 3.58. The average molecular weight is 343 g/mol. The number of piperidine rings is 1. The highest BCUT2D eigenvalue weighted by atomic mass is 79.9. The largest absolute Gasteiger partial charge is 0.478 e. The van der Waals surface area contributed by atoms with E-state index in [1.54, 1.807) is 0 Å². The molecular weight excluding hydrogens is 328 g/mol. The molecule has 1 fully saturated rings. The van der Waals surface area contributed by atoms with E-state index in [9.17, 15) is 14.9 Å². The van der Waals surface area contributed by atoms with Crippen LogP contribution in [0.3, 0.4) is 0 Å². The number of benzene rings is 1. The van der Waals surface area contributed by atoms with Gasteiger partial charge < -0.3 is 10.0 Å². The molecule has 1 aliphatic rings. The lowest BCUT2D eigenvalue weighted by Gasteiger charge is -2.35. The Labute approximate surface area is 124 Å².